The van der Waals surface area contributed by atoms with Crippen LogP contribution in [0.4, 0.5) is 21.8 Å². The Balaban J connectivity index is 1.38. The van der Waals surface area contributed by atoms with E-state index in [1.807, 2.05) is 18.2 Å². The molecule has 9 nitrogen and oxygen atoms in total. The first-order valence-corrected chi connectivity index (χ1v) is 12.1. The second-order valence-corrected chi connectivity index (χ2v) is 8.82. The van der Waals surface area contributed by atoms with Gasteiger partial charge in [-0.15, -0.1) is 0 Å². The highest BCUT2D eigenvalue weighted by Crippen LogP contribution is 2.22. The van der Waals surface area contributed by atoms with Gasteiger partial charge in [-0.05, 0) is 49.4 Å². The average molecular weight is 493 g/mol. The molecule has 0 saturated carbocycles. The number of nitrogens with two attached hydrogens (primary N) is 1. The van der Waals surface area contributed by atoms with E-state index in [2.05, 4.69) is 42.0 Å². The molecule has 1 aliphatic rings. The van der Waals surface area contributed by atoms with Crippen molar-refractivity contribution in [2.45, 2.75) is 13.0 Å². The molecule has 1 fully saturated rings. The molecule has 2 aromatic heterocycles. The van der Waals surface area contributed by atoms with Crippen LogP contribution in [0.1, 0.15) is 12.0 Å². The fraction of sp³-hybridized carbons (Fsp3) is 0.346. The number of piperazine rings is 1. The van der Waals surface area contributed by atoms with Crippen LogP contribution in [-0.4, -0.2) is 75.7 Å². The van der Waals surface area contributed by atoms with Crippen LogP contribution in [-0.2, 0) is 6.54 Å². The van der Waals surface area contributed by atoms with Gasteiger partial charge in [-0.3, -0.25) is 9.80 Å². The number of rotatable bonds is 11. The summed E-state index contributed by atoms with van der Waals surface area (Å²) >= 11 is 0. The van der Waals surface area contributed by atoms with Gasteiger partial charge in [-0.25, -0.2) is 19.3 Å². The van der Waals surface area contributed by atoms with Gasteiger partial charge in [0.2, 0.25) is 5.95 Å². The third-order valence-electron chi connectivity index (χ3n) is 5.97. The first-order valence-electron chi connectivity index (χ1n) is 12.1. The molecule has 3 aromatic rings. The number of hydrogen-bond donors (Lipinski definition) is 4. The van der Waals surface area contributed by atoms with Crippen molar-refractivity contribution >= 4 is 17.5 Å². The Morgan fingerprint density at radius 2 is 1.89 bits per heavy atom. The molecule has 1 aliphatic heterocycles. The molecule has 0 atom stereocenters. The van der Waals surface area contributed by atoms with Gasteiger partial charge in [0, 0.05) is 68.5 Å². The van der Waals surface area contributed by atoms with E-state index < -0.39 is 0 Å². The fourth-order valence-electron chi connectivity index (χ4n) is 4.06. The Labute approximate surface area is 210 Å². The first-order chi connectivity index (χ1) is 17.5. The smallest absolute Gasteiger partial charge is 0.227 e. The van der Waals surface area contributed by atoms with E-state index in [1.54, 1.807) is 24.5 Å². The second-order valence-electron chi connectivity index (χ2n) is 8.82. The third-order valence-corrected chi connectivity index (χ3v) is 5.97. The van der Waals surface area contributed by atoms with Crippen molar-refractivity contribution in [3.63, 3.8) is 0 Å². The topological polar surface area (TPSA) is 115 Å². The van der Waals surface area contributed by atoms with Gasteiger partial charge in [-0.2, -0.15) is 0 Å². The van der Waals surface area contributed by atoms with Crippen LogP contribution in [0.15, 0.2) is 61.1 Å². The summed E-state index contributed by atoms with van der Waals surface area (Å²) < 4.78 is 14.6. The lowest BCUT2D eigenvalue weighted by atomic mass is 10.1. The molecule has 0 unspecified atom stereocenters. The number of benzene rings is 1. The Bertz CT molecular complexity index is 1150. The maximum Gasteiger partial charge on any atom is 0.227 e. The predicted molar refractivity (Wildman–Crippen MR) is 141 cm³/mol. The van der Waals surface area contributed by atoms with Gasteiger partial charge in [-0.1, -0.05) is 6.58 Å². The zero-order valence-electron chi connectivity index (χ0n) is 20.3. The normalized spacial score (nSPS) is 14.5. The number of hydrogen-bond acceptors (Lipinski definition) is 9. The van der Waals surface area contributed by atoms with Crippen LogP contribution in [0, 0.1) is 5.82 Å². The number of aliphatic hydroxyl groups excluding tert-OH is 1. The zero-order valence-corrected chi connectivity index (χ0v) is 20.3. The molecule has 10 heteroatoms. The molecule has 0 bridgehead atoms. The summed E-state index contributed by atoms with van der Waals surface area (Å²) in [5.41, 5.74) is 8.46. The Kier molecular flexibility index (Phi) is 8.77. The summed E-state index contributed by atoms with van der Waals surface area (Å²) in [6, 6.07) is 10.6. The second kappa shape index (κ2) is 12.4. The van der Waals surface area contributed by atoms with Crippen molar-refractivity contribution < 1.29 is 9.50 Å². The predicted octanol–water partition coefficient (Wildman–Crippen LogP) is 3.37. The zero-order chi connectivity index (χ0) is 25.3. The van der Waals surface area contributed by atoms with Crippen LogP contribution in [0.5, 0.6) is 0 Å². The third kappa shape index (κ3) is 7.20. The van der Waals surface area contributed by atoms with Crippen LogP contribution in [0.25, 0.3) is 11.3 Å². The summed E-state index contributed by atoms with van der Waals surface area (Å²) in [6.07, 6.45) is 4.33. The van der Waals surface area contributed by atoms with E-state index in [0.717, 1.165) is 61.9 Å². The molecule has 0 amide bonds. The van der Waals surface area contributed by atoms with Crippen molar-refractivity contribution in [3.8, 4) is 11.3 Å². The number of aliphatic hydroxyl groups is 1. The van der Waals surface area contributed by atoms with Crippen molar-refractivity contribution in [2.75, 3.05) is 56.4 Å². The highest BCUT2D eigenvalue weighted by atomic mass is 19.1. The van der Waals surface area contributed by atoms with Gasteiger partial charge >= 0.3 is 0 Å². The molecular weight excluding hydrogens is 459 g/mol. The molecule has 0 aliphatic carbocycles. The molecular formula is C26H33FN8O. The summed E-state index contributed by atoms with van der Waals surface area (Å²) in [6.45, 7) is 9.16. The van der Waals surface area contributed by atoms with Crippen molar-refractivity contribution in [2.24, 2.45) is 5.73 Å². The number of pyridine rings is 1. The lowest BCUT2D eigenvalue weighted by Gasteiger charge is -2.34. The van der Waals surface area contributed by atoms with Crippen LogP contribution in [0.2, 0.25) is 0 Å². The van der Waals surface area contributed by atoms with E-state index in [-0.39, 0.29) is 11.6 Å². The van der Waals surface area contributed by atoms with E-state index in [0.29, 0.717) is 31.1 Å². The molecule has 0 radical (unpaired) electrons. The molecule has 1 saturated heterocycles. The minimum absolute atomic E-state index is 0.170. The van der Waals surface area contributed by atoms with E-state index in [1.165, 1.54) is 6.07 Å². The van der Waals surface area contributed by atoms with Crippen molar-refractivity contribution in [3.05, 3.63) is 72.5 Å². The van der Waals surface area contributed by atoms with Crippen molar-refractivity contribution in [1.82, 2.24) is 24.8 Å². The van der Waals surface area contributed by atoms with Gasteiger partial charge in [0.15, 0.2) is 0 Å². The van der Waals surface area contributed by atoms with Gasteiger partial charge in [0.1, 0.15) is 11.6 Å². The summed E-state index contributed by atoms with van der Waals surface area (Å²) in [5.74, 6) is 1.14. The van der Waals surface area contributed by atoms with Crippen molar-refractivity contribution in [1.29, 1.82) is 0 Å². The van der Waals surface area contributed by atoms with E-state index in [4.69, 9.17) is 5.73 Å². The lowest BCUT2D eigenvalue weighted by molar-refractivity contribution is 0.124. The average Bonchev–Trinajstić information content (AvgIpc) is 2.88. The lowest BCUT2D eigenvalue weighted by Crippen LogP contribution is -2.46. The molecule has 3 heterocycles. The number of anilines is 3. The van der Waals surface area contributed by atoms with Crippen LogP contribution >= 0.6 is 0 Å². The highest BCUT2D eigenvalue weighted by Gasteiger charge is 2.18. The van der Waals surface area contributed by atoms with Crippen LogP contribution in [0.3, 0.4) is 0 Å². The molecule has 0 spiro atoms. The number of aromatic nitrogens is 3. The monoisotopic (exact) mass is 492 g/mol. The maximum atomic E-state index is 14.6. The molecule has 36 heavy (non-hydrogen) atoms. The minimum Gasteiger partial charge on any atom is -0.512 e. The van der Waals surface area contributed by atoms with Crippen LogP contribution < -0.4 is 16.4 Å². The minimum atomic E-state index is -0.243. The summed E-state index contributed by atoms with van der Waals surface area (Å²) in [5, 5.41) is 15.8. The number of halogens is 1. The van der Waals surface area contributed by atoms with Gasteiger partial charge in [0.05, 0.1) is 18.0 Å². The van der Waals surface area contributed by atoms with Gasteiger partial charge < -0.3 is 21.5 Å². The largest absolute Gasteiger partial charge is 0.512 e. The first kappa shape index (κ1) is 25.5. The maximum absolute atomic E-state index is 14.6. The molecule has 190 valence electrons. The fourth-order valence-corrected chi connectivity index (χ4v) is 4.06. The number of nitrogens with one attached hydrogen (secondary N) is 2. The quantitative estimate of drug-likeness (QED) is 0.236. The highest BCUT2D eigenvalue weighted by molar-refractivity contribution is 5.62. The SMILES string of the molecule is C=C(O)CN1CCN(Cc2cc(Nc3nccc(-c4ccc(NCCCN)nc4)n3)ccc2F)CC1. The Hall–Kier alpha value is -3.60. The van der Waals surface area contributed by atoms with Gasteiger partial charge in [0.25, 0.3) is 0 Å². The summed E-state index contributed by atoms with van der Waals surface area (Å²) in [7, 11) is 0. The van der Waals surface area contributed by atoms with E-state index in [9.17, 15) is 9.50 Å². The molecule has 1 aromatic carbocycles. The molecule has 4 rings (SSSR count). The molecule has 5 N–H and O–H groups in total. The summed E-state index contributed by atoms with van der Waals surface area (Å²) in [4.78, 5) is 17.7. The Morgan fingerprint density at radius 1 is 1.08 bits per heavy atom. The number of nitrogens with zero attached hydrogens (tertiary/aromatic N) is 5. The standard InChI is InChI=1S/C26H33FN8O/c1-19(36)17-34-11-13-35(14-12-34)18-21-15-22(4-5-23(21)27)32-26-30-10-7-24(33-26)20-3-6-25(31-16-20)29-9-2-8-28/h3-7,10,15-16,36H,1-2,8-9,11-14,17-18,28H2,(H,29,31)(H,30,32,33). The Morgan fingerprint density at radius 3 is 2.61 bits per heavy atom. The van der Waals surface area contributed by atoms with E-state index >= 15 is 0 Å².